The van der Waals surface area contributed by atoms with Crippen molar-refractivity contribution in [2.24, 2.45) is 0 Å². The van der Waals surface area contributed by atoms with Gasteiger partial charge >= 0.3 is 0 Å². The number of carbonyl (C=O) groups is 1. The summed E-state index contributed by atoms with van der Waals surface area (Å²) in [5, 5.41) is 4.48. The van der Waals surface area contributed by atoms with Gasteiger partial charge < -0.3 is 0 Å². The predicted molar refractivity (Wildman–Crippen MR) is 76.1 cm³/mol. The topological polar surface area (TPSA) is 54.9 Å². The van der Waals surface area contributed by atoms with Crippen LogP contribution in [0.5, 0.6) is 0 Å². The van der Waals surface area contributed by atoms with Gasteiger partial charge in [-0.25, -0.2) is 0 Å². The molecule has 0 radical (unpaired) electrons. The minimum Gasteiger partial charge on any atom is -0.297 e. The maximum absolute atomic E-state index is 11.9. The zero-order valence-electron chi connectivity index (χ0n) is 9.11. The fourth-order valence-electron chi connectivity index (χ4n) is 1.15. The molecule has 0 bridgehead atoms. The molecule has 8 heteroatoms. The Bertz CT molecular complexity index is 588. The van der Waals surface area contributed by atoms with Crippen molar-refractivity contribution in [3.8, 4) is 0 Å². The molecule has 1 heterocycles. The number of thioether (sulfide) groups is 1. The van der Waals surface area contributed by atoms with Crippen LogP contribution in [0, 0.1) is 0 Å². The number of benzene rings is 1. The highest BCUT2D eigenvalue weighted by Gasteiger charge is 2.11. The molecule has 1 aromatic carbocycles. The summed E-state index contributed by atoms with van der Waals surface area (Å²) in [5.41, 5.74) is 0.422. The van der Waals surface area contributed by atoms with Gasteiger partial charge in [0.15, 0.2) is 0 Å². The van der Waals surface area contributed by atoms with E-state index in [1.165, 1.54) is 17.8 Å². The Labute approximate surface area is 122 Å². The van der Waals surface area contributed by atoms with Crippen LogP contribution in [0.4, 0.5) is 5.13 Å². The highest BCUT2D eigenvalue weighted by Crippen LogP contribution is 2.23. The summed E-state index contributed by atoms with van der Waals surface area (Å²) in [4.78, 5) is 16.0. The molecule has 0 saturated heterocycles. The van der Waals surface area contributed by atoms with E-state index >= 15 is 0 Å². The van der Waals surface area contributed by atoms with Crippen molar-refractivity contribution in [2.75, 3.05) is 11.6 Å². The summed E-state index contributed by atoms with van der Waals surface area (Å²) in [6, 6.07) is 4.68. The van der Waals surface area contributed by atoms with Gasteiger partial charge in [0, 0.05) is 17.1 Å². The van der Waals surface area contributed by atoms with Gasteiger partial charge in [-0.1, -0.05) is 35.0 Å². The number of amides is 1. The number of aromatic nitrogens is 2. The third-order valence-corrected chi connectivity index (χ3v) is 4.03. The van der Waals surface area contributed by atoms with Crippen molar-refractivity contribution in [2.45, 2.75) is 5.16 Å². The third kappa shape index (κ3) is 3.14. The standard InChI is InChI=1S/C10H7Cl2N3OS2/c1-17-10-14-9(18-15-10)13-8(16)5-2-3-6(11)7(12)4-5/h2-4H,1H3,(H,13,14,15,16). The van der Waals surface area contributed by atoms with Crippen molar-refractivity contribution < 1.29 is 4.79 Å². The Morgan fingerprint density at radius 3 is 2.78 bits per heavy atom. The molecule has 94 valence electrons. The van der Waals surface area contributed by atoms with Crippen LogP contribution in [0.2, 0.25) is 10.0 Å². The Morgan fingerprint density at radius 1 is 1.39 bits per heavy atom. The maximum Gasteiger partial charge on any atom is 0.257 e. The lowest BCUT2D eigenvalue weighted by molar-refractivity contribution is 0.102. The van der Waals surface area contributed by atoms with E-state index in [1.54, 1.807) is 12.1 Å². The van der Waals surface area contributed by atoms with E-state index in [0.29, 0.717) is 25.9 Å². The van der Waals surface area contributed by atoms with E-state index in [9.17, 15) is 4.79 Å². The number of anilines is 1. The molecule has 0 unspecified atom stereocenters. The monoisotopic (exact) mass is 319 g/mol. The summed E-state index contributed by atoms with van der Waals surface area (Å²) in [6.45, 7) is 0. The van der Waals surface area contributed by atoms with Crippen LogP contribution in [0.15, 0.2) is 23.4 Å². The van der Waals surface area contributed by atoms with Crippen LogP contribution in [0.1, 0.15) is 10.4 Å². The SMILES string of the molecule is CSc1nsc(NC(=O)c2ccc(Cl)c(Cl)c2)n1. The molecule has 1 N–H and O–H groups in total. The zero-order valence-corrected chi connectivity index (χ0v) is 12.3. The Hall–Kier alpha value is -0.820. The quantitative estimate of drug-likeness (QED) is 0.874. The molecule has 1 aromatic heterocycles. The first-order chi connectivity index (χ1) is 8.60. The van der Waals surface area contributed by atoms with Gasteiger partial charge in [-0.2, -0.15) is 9.36 Å². The zero-order chi connectivity index (χ0) is 13.1. The first-order valence-electron chi connectivity index (χ1n) is 4.74. The second-order valence-electron chi connectivity index (χ2n) is 3.17. The van der Waals surface area contributed by atoms with Crippen LogP contribution in [-0.4, -0.2) is 21.5 Å². The highest BCUT2D eigenvalue weighted by atomic mass is 35.5. The van der Waals surface area contributed by atoms with Crippen LogP contribution in [0.3, 0.4) is 0 Å². The van der Waals surface area contributed by atoms with E-state index in [2.05, 4.69) is 14.7 Å². The van der Waals surface area contributed by atoms with Crippen molar-refractivity contribution in [3.63, 3.8) is 0 Å². The molecular weight excluding hydrogens is 313 g/mol. The van der Waals surface area contributed by atoms with E-state index < -0.39 is 0 Å². The van der Waals surface area contributed by atoms with E-state index in [4.69, 9.17) is 23.2 Å². The van der Waals surface area contributed by atoms with Crippen molar-refractivity contribution in [3.05, 3.63) is 33.8 Å². The fraction of sp³-hybridized carbons (Fsp3) is 0.100. The molecule has 0 aliphatic carbocycles. The van der Waals surface area contributed by atoms with Crippen molar-refractivity contribution in [1.82, 2.24) is 9.36 Å². The van der Waals surface area contributed by atoms with Gasteiger partial charge in [0.1, 0.15) is 0 Å². The number of nitrogens with zero attached hydrogens (tertiary/aromatic N) is 2. The predicted octanol–water partition coefficient (Wildman–Crippen LogP) is 3.82. The summed E-state index contributed by atoms with van der Waals surface area (Å²) in [5.74, 6) is -0.294. The second kappa shape index (κ2) is 5.88. The molecular formula is C10H7Cl2N3OS2. The molecule has 4 nitrogen and oxygen atoms in total. The lowest BCUT2D eigenvalue weighted by atomic mass is 10.2. The average Bonchev–Trinajstić information content (AvgIpc) is 2.80. The molecule has 0 atom stereocenters. The van der Waals surface area contributed by atoms with Gasteiger partial charge in [-0.3, -0.25) is 10.1 Å². The van der Waals surface area contributed by atoms with E-state index in [-0.39, 0.29) is 5.91 Å². The van der Waals surface area contributed by atoms with Crippen molar-refractivity contribution >= 4 is 57.5 Å². The summed E-state index contributed by atoms with van der Waals surface area (Å²) < 4.78 is 4.04. The number of carbonyl (C=O) groups excluding carboxylic acids is 1. The molecule has 0 aliphatic heterocycles. The van der Waals surface area contributed by atoms with Crippen LogP contribution in [-0.2, 0) is 0 Å². The lowest BCUT2D eigenvalue weighted by Crippen LogP contribution is -2.11. The van der Waals surface area contributed by atoms with Crippen LogP contribution in [0.25, 0.3) is 0 Å². The van der Waals surface area contributed by atoms with E-state index in [1.807, 2.05) is 6.26 Å². The van der Waals surface area contributed by atoms with Crippen LogP contribution >= 0.6 is 46.5 Å². The fourth-order valence-corrected chi connectivity index (χ4v) is 2.57. The molecule has 1 amide bonds. The minimum atomic E-state index is -0.294. The lowest BCUT2D eigenvalue weighted by Gasteiger charge is -2.02. The number of hydrogen-bond acceptors (Lipinski definition) is 5. The van der Waals surface area contributed by atoms with Crippen molar-refractivity contribution in [1.29, 1.82) is 0 Å². The first kappa shape index (κ1) is 13.6. The van der Waals surface area contributed by atoms with Gasteiger partial charge in [0.2, 0.25) is 10.3 Å². The Morgan fingerprint density at radius 2 is 2.17 bits per heavy atom. The number of hydrogen-bond donors (Lipinski definition) is 1. The smallest absolute Gasteiger partial charge is 0.257 e. The molecule has 0 saturated carbocycles. The number of nitrogens with one attached hydrogen (secondary N) is 1. The molecule has 0 aliphatic rings. The molecule has 18 heavy (non-hydrogen) atoms. The van der Waals surface area contributed by atoms with Gasteiger partial charge in [-0.15, -0.1) is 0 Å². The summed E-state index contributed by atoms with van der Waals surface area (Å²) in [7, 11) is 0. The van der Waals surface area contributed by atoms with Gasteiger partial charge in [-0.05, 0) is 24.5 Å². The minimum absolute atomic E-state index is 0.294. The normalized spacial score (nSPS) is 10.4. The highest BCUT2D eigenvalue weighted by molar-refractivity contribution is 7.98. The third-order valence-electron chi connectivity index (χ3n) is 1.99. The number of halogens is 2. The van der Waals surface area contributed by atoms with Gasteiger partial charge in [0.25, 0.3) is 5.91 Å². The molecule has 0 fully saturated rings. The molecule has 0 spiro atoms. The van der Waals surface area contributed by atoms with E-state index in [0.717, 1.165) is 11.5 Å². The first-order valence-corrected chi connectivity index (χ1v) is 7.49. The second-order valence-corrected chi connectivity index (χ2v) is 5.51. The largest absolute Gasteiger partial charge is 0.297 e. The van der Waals surface area contributed by atoms with Crippen LogP contribution < -0.4 is 5.32 Å². The molecule has 2 aromatic rings. The molecule has 2 rings (SSSR count). The summed E-state index contributed by atoms with van der Waals surface area (Å²) in [6.07, 6.45) is 1.87. The Balaban J connectivity index is 2.14. The Kier molecular flexibility index (Phi) is 4.45. The maximum atomic E-state index is 11.9. The van der Waals surface area contributed by atoms with Gasteiger partial charge in [0.05, 0.1) is 10.0 Å². The number of rotatable bonds is 3. The summed E-state index contributed by atoms with van der Waals surface area (Å²) >= 11 is 14.2. The average molecular weight is 320 g/mol.